The lowest BCUT2D eigenvalue weighted by molar-refractivity contribution is -0.384. The molecule has 0 saturated heterocycles. The second kappa shape index (κ2) is 8.54. The van der Waals surface area contributed by atoms with Crippen LogP contribution in [0.1, 0.15) is 49.2 Å². The Bertz CT molecular complexity index is 1200. The number of esters is 1. The number of amidine groups is 1. The number of aliphatic hydroxyl groups is 1. The second-order valence-corrected chi connectivity index (χ2v) is 8.01. The van der Waals surface area contributed by atoms with Gasteiger partial charge >= 0.3 is 5.97 Å². The van der Waals surface area contributed by atoms with Gasteiger partial charge in [0.2, 0.25) is 0 Å². The zero-order valence-electron chi connectivity index (χ0n) is 17.9. The number of fused-ring (bicyclic) bond motifs is 1. The third-order valence-electron chi connectivity index (χ3n) is 4.37. The van der Waals surface area contributed by atoms with Crippen molar-refractivity contribution in [3.63, 3.8) is 0 Å². The van der Waals surface area contributed by atoms with Crippen LogP contribution >= 0.6 is 0 Å². The topological polar surface area (TPSA) is 131 Å². The van der Waals surface area contributed by atoms with Crippen LogP contribution in [0.25, 0.3) is 0 Å². The molecule has 9 nitrogen and oxygen atoms in total. The standard InChI is InChI=1S/C23H21N3O6/c1-13(27)18(22(29)32-23(2,3)4)19-16-7-5-6-8-17(16)20(24-19)25-21(28)14-9-11-15(12-10-14)26(30)31/h5-12,27H,1-4H3/b18-13+,25-20?. The highest BCUT2D eigenvalue weighted by molar-refractivity contribution is 6.36. The number of amides is 1. The number of hydrogen-bond donors (Lipinski definition) is 1. The molecule has 1 N–H and O–H groups in total. The molecule has 9 heteroatoms. The quantitative estimate of drug-likeness (QED) is 0.252. The summed E-state index contributed by atoms with van der Waals surface area (Å²) in [7, 11) is 0. The highest BCUT2D eigenvalue weighted by Gasteiger charge is 2.32. The van der Waals surface area contributed by atoms with Crippen molar-refractivity contribution >= 4 is 29.1 Å². The van der Waals surface area contributed by atoms with Gasteiger partial charge in [-0.3, -0.25) is 14.9 Å². The molecular formula is C23H21N3O6. The first-order valence-electron chi connectivity index (χ1n) is 9.67. The number of carbonyl (C=O) groups excluding carboxylic acids is 2. The van der Waals surface area contributed by atoms with Gasteiger partial charge in [0, 0.05) is 28.8 Å². The fraction of sp³-hybridized carbons (Fsp3) is 0.217. The van der Waals surface area contributed by atoms with E-state index in [1.807, 2.05) is 0 Å². The molecule has 1 amide bonds. The van der Waals surface area contributed by atoms with E-state index in [2.05, 4.69) is 9.98 Å². The van der Waals surface area contributed by atoms with Gasteiger partial charge in [-0.15, -0.1) is 0 Å². The van der Waals surface area contributed by atoms with Crippen LogP contribution in [0.5, 0.6) is 0 Å². The molecule has 0 fully saturated rings. The Morgan fingerprint density at radius 3 is 2.19 bits per heavy atom. The molecule has 0 aromatic heterocycles. The van der Waals surface area contributed by atoms with Gasteiger partial charge in [0.1, 0.15) is 16.9 Å². The zero-order valence-corrected chi connectivity index (χ0v) is 17.9. The lowest BCUT2D eigenvalue weighted by Crippen LogP contribution is -2.28. The van der Waals surface area contributed by atoms with E-state index in [0.717, 1.165) is 0 Å². The molecule has 0 unspecified atom stereocenters. The molecule has 0 radical (unpaired) electrons. The molecule has 0 aliphatic carbocycles. The Balaban J connectivity index is 2.04. The van der Waals surface area contributed by atoms with Crippen molar-refractivity contribution in [1.29, 1.82) is 0 Å². The summed E-state index contributed by atoms with van der Waals surface area (Å²) in [5.41, 5.74) is 0.235. The first-order chi connectivity index (χ1) is 15.0. The average molecular weight is 435 g/mol. The van der Waals surface area contributed by atoms with Gasteiger partial charge in [-0.2, -0.15) is 4.99 Å². The minimum absolute atomic E-state index is 0.0567. The number of aliphatic hydroxyl groups excluding tert-OH is 1. The third kappa shape index (κ3) is 4.77. The van der Waals surface area contributed by atoms with E-state index in [4.69, 9.17) is 4.74 Å². The van der Waals surface area contributed by atoms with Crippen molar-refractivity contribution in [2.45, 2.75) is 33.3 Å². The summed E-state index contributed by atoms with van der Waals surface area (Å²) in [4.78, 5) is 44.1. The predicted molar refractivity (Wildman–Crippen MR) is 118 cm³/mol. The van der Waals surface area contributed by atoms with Crippen LogP contribution in [0.3, 0.4) is 0 Å². The summed E-state index contributed by atoms with van der Waals surface area (Å²) in [5.74, 6) is -1.63. The van der Waals surface area contributed by atoms with Gasteiger partial charge in [0.05, 0.1) is 10.6 Å². The number of allylic oxidation sites excluding steroid dienone is 1. The lowest BCUT2D eigenvalue weighted by Gasteiger charge is -2.21. The predicted octanol–water partition coefficient (Wildman–Crippen LogP) is 4.16. The normalized spacial score (nSPS) is 15.0. The van der Waals surface area contributed by atoms with Crippen molar-refractivity contribution in [2.24, 2.45) is 9.98 Å². The molecule has 1 heterocycles. The van der Waals surface area contributed by atoms with Gasteiger partial charge in [-0.05, 0) is 39.8 Å². The molecule has 0 saturated carbocycles. The van der Waals surface area contributed by atoms with E-state index in [1.165, 1.54) is 31.2 Å². The van der Waals surface area contributed by atoms with E-state index < -0.39 is 22.4 Å². The van der Waals surface area contributed by atoms with Crippen LogP contribution < -0.4 is 0 Å². The van der Waals surface area contributed by atoms with Crippen LogP contribution in [0, 0.1) is 10.1 Å². The molecule has 0 bridgehead atoms. The fourth-order valence-electron chi connectivity index (χ4n) is 3.02. The van der Waals surface area contributed by atoms with Crippen LogP contribution in [0.2, 0.25) is 0 Å². The van der Waals surface area contributed by atoms with Crippen molar-refractivity contribution < 1.29 is 24.4 Å². The van der Waals surface area contributed by atoms with E-state index in [1.54, 1.807) is 45.0 Å². The first-order valence-corrected chi connectivity index (χ1v) is 9.67. The minimum Gasteiger partial charge on any atom is -0.512 e. The van der Waals surface area contributed by atoms with Crippen LogP contribution in [0.15, 0.2) is 69.8 Å². The van der Waals surface area contributed by atoms with Gasteiger partial charge in [0.15, 0.2) is 5.84 Å². The molecule has 2 aromatic carbocycles. The Morgan fingerprint density at radius 1 is 1.06 bits per heavy atom. The van der Waals surface area contributed by atoms with E-state index in [9.17, 15) is 24.8 Å². The summed E-state index contributed by atoms with van der Waals surface area (Å²) in [6.07, 6.45) is 0. The zero-order chi connectivity index (χ0) is 23.6. The average Bonchev–Trinajstić information content (AvgIpc) is 3.04. The van der Waals surface area contributed by atoms with Crippen molar-refractivity contribution in [1.82, 2.24) is 0 Å². The fourth-order valence-corrected chi connectivity index (χ4v) is 3.02. The SMILES string of the molecule is C/C(O)=C(\C(=O)OC(C)(C)C)C1=NC(=NC(=O)c2ccc([N+](=O)[O-])cc2)c2ccccc21. The molecule has 3 rings (SSSR count). The summed E-state index contributed by atoms with van der Waals surface area (Å²) >= 11 is 0. The number of nitro groups is 1. The van der Waals surface area contributed by atoms with Crippen LogP contribution in [-0.2, 0) is 9.53 Å². The molecule has 32 heavy (non-hydrogen) atoms. The number of nitro benzene ring substituents is 1. The lowest BCUT2D eigenvalue weighted by atomic mass is 9.99. The molecule has 1 aliphatic rings. The summed E-state index contributed by atoms with van der Waals surface area (Å²) < 4.78 is 5.41. The highest BCUT2D eigenvalue weighted by atomic mass is 16.6. The molecule has 0 spiro atoms. The van der Waals surface area contributed by atoms with Crippen molar-refractivity contribution in [3.05, 3.63) is 86.7 Å². The summed E-state index contributed by atoms with van der Waals surface area (Å²) in [6, 6.07) is 11.9. The van der Waals surface area contributed by atoms with Gasteiger partial charge in [-0.1, -0.05) is 24.3 Å². The van der Waals surface area contributed by atoms with Crippen molar-refractivity contribution in [2.75, 3.05) is 0 Å². The van der Waals surface area contributed by atoms with Gasteiger partial charge < -0.3 is 9.84 Å². The maximum atomic E-state index is 12.8. The van der Waals surface area contributed by atoms with Gasteiger partial charge in [-0.25, -0.2) is 9.79 Å². The number of carbonyl (C=O) groups is 2. The molecule has 2 aromatic rings. The highest BCUT2D eigenvalue weighted by Crippen LogP contribution is 2.27. The first kappa shape index (κ1) is 22.5. The number of ether oxygens (including phenoxy) is 1. The number of aliphatic imine (C=N–C) groups is 2. The number of nitrogens with zero attached hydrogens (tertiary/aromatic N) is 3. The molecular weight excluding hydrogens is 414 g/mol. The minimum atomic E-state index is -0.792. The molecule has 164 valence electrons. The number of rotatable bonds is 4. The van der Waals surface area contributed by atoms with Crippen LogP contribution in [0.4, 0.5) is 5.69 Å². The largest absolute Gasteiger partial charge is 0.512 e. The maximum Gasteiger partial charge on any atom is 0.344 e. The summed E-state index contributed by atoms with van der Waals surface area (Å²) in [5, 5.41) is 21.0. The monoisotopic (exact) mass is 435 g/mol. The Morgan fingerprint density at radius 2 is 1.66 bits per heavy atom. The number of benzene rings is 2. The molecule has 0 atom stereocenters. The Kier molecular flexibility index (Phi) is 6.02. The number of non-ortho nitro benzene ring substituents is 1. The second-order valence-electron chi connectivity index (χ2n) is 8.01. The third-order valence-corrected chi connectivity index (χ3v) is 4.37. The van der Waals surface area contributed by atoms with E-state index >= 15 is 0 Å². The summed E-state index contributed by atoms with van der Waals surface area (Å²) in [6.45, 7) is 6.46. The molecule has 1 aliphatic heterocycles. The van der Waals surface area contributed by atoms with Crippen molar-refractivity contribution in [3.8, 4) is 0 Å². The Hall–Kier alpha value is -4.14. The van der Waals surface area contributed by atoms with Crippen LogP contribution in [-0.4, -0.2) is 39.1 Å². The maximum absolute atomic E-state index is 12.8. The number of hydrogen-bond acceptors (Lipinski definition) is 6. The van der Waals surface area contributed by atoms with E-state index in [0.29, 0.717) is 11.1 Å². The van der Waals surface area contributed by atoms with E-state index in [-0.39, 0.29) is 34.1 Å². The Labute approximate surface area is 183 Å². The smallest absolute Gasteiger partial charge is 0.344 e. The van der Waals surface area contributed by atoms with Gasteiger partial charge in [0.25, 0.3) is 11.6 Å².